The third-order valence-corrected chi connectivity index (χ3v) is 3.78. The molecule has 1 aromatic rings. The van der Waals surface area contributed by atoms with E-state index in [0.29, 0.717) is 18.7 Å². The van der Waals surface area contributed by atoms with Crippen LogP contribution in [-0.4, -0.2) is 48.8 Å². The lowest BCUT2D eigenvalue weighted by molar-refractivity contribution is 0.0137. The van der Waals surface area contributed by atoms with E-state index in [1.165, 1.54) is 0 Å². The summed E-state index contributed by atoms with van der Waals surface area (Å²) in [4.78, 5) is 6.84. The third kappa shape index (κ3) is 3.51. The lowest BCUT2D eigenvalue weighted by atomic mass is 9.99. The minimum Gasteiger partial charge on any atom is -0.381 e. The maximum atomic E-state index is 5.87. The monoisotopic (exact) mass is 249 g/mol. The average molecular weight is 249 g/mol. The molecule has 0 saturated carbocycles. The van der Waals surface area contributed by atoms with Crippen LogP contribution in [0.2, 0.25) is 0 Å². The van der Waals surface area contributed by atoms with E-state index in [1.54, 1.807) is 7.11 Å². The fourth-order valence-corrected chi connectivity index (χ4v) is 2.62. The number of piperidine rings is 1. The largest absolute Gasteiger partial charge is 0.381 e. The molecule has 1 aromatic heterocycles. The molecular weight excluding hydrogens is 226 g/mol. The van der Waals surface area contributed by atoms with Gasteiger partial charge < -0.3 is 10.5 Å². The summed E-state index contributed by atoms with van der Waals surface area (Å²) in [5.74, 6) is 0. The molecule has 1 aliphatic rings. The van der Waals surface area contributed by atoms with Crippen LogP contribution in [0.4, 0.5) is 0 Å². The first-order valence-corrected chi connectivity index (χ1v) is 6.70. The Kier molecular flexibility index (Phi) is 5.11. The minimum atomic E-state index is 0.379. The predicted molar refractivity (Wildman–Crippen MR) is 72.4 cm³/mol. The van der Waals surface area contributed by atoms with Gasteiger partial charge in [0.1, 0.15) is 0 Å². The molecule has 1 saturated heterocycles. The molecule has 2 rings (SSSR count). The number of pyridine rings is 1. The van der Waals surface area contributed by atoms with Crippen molar-refractivity contribution < 1.29 is 4.74 Å². The summed E-state index contributed by atoms with van der Waals surface area (Å²) in [7, 11) is 1.79. The second-order valence-electron chi connectivity index (χ2n) is 4.88. The van der Waals surface area contributed by atoms with Gasteiger partial charge in [0.05, 0.1) is 6.10 Å². The highest BCUT2D eigenvalue weighted by Crippen LogP contribution is 2.19. The van der Waals surface area contributed by atoms with Crippen LogP contribution in [0.15, 0.2) is 24.4 Å². The van der Waals surface area contributed by atoms with Crippen LogP contribution in [0.3, 0.4) is 0 Å². The summed E-state index contributed by atoms with van der Waals surface area (Å²) in [6.45, 7) is 2.82. The molecule has 4 heteroatoms. The summed E-state index contributed by atoms with van der Waals surface area (Å²) in [6, 6.07) is 6.53. The molecular formula is C14H23N3O. The first-order chi connectivity index (χ1) is 8.83. The van der Waals surface area contributed by atoms with Crippen molar-refractivity contribution in [1.82, 2.24) is 9.88 Å². The summed E-state index contributed by atoms with van der Waals surface area (Å²) in [5, 5.41) is 0. The van der Waals surface area contributed by atoms with Gasteiger partial charge in [-0.3, -0.25) is 9.88 Å². The first kappa shape index (κ1) is 13.5. The number of hydrogen-bond donors (Lipinski definition) is 1. The van der Waals surface area contributed by atoms with Gasteiger partial charge in [0.15, 0.2) is 0 Å². The zero-order valence-corrected chi connectivity index (χ0v) is 11.1. The van der Waals surface area contributed by atoms with Gasteiger partial charge in [0.2, 0.25) is 0 Å². The summed E-state index contributed by atoms with van der Waals surface area (Å²) in [6.07, 6.45) is 5.39. The number of nitrogens with zero attached hydrogens (tertiary/aromatic N) is 2. The van der Waals surface area contributed by atoms with Gasteiger partial charge in [-0.05, 0) is 25.0 Å². The molecule has 0 radical (unpaired) electrons. The Morgan fingerprint density at radius 3 is 3.06 bits per heavy atom. The maximum absolute atomic E-state index is 5.87. The molecule has 0 aromatic carbocycles. The third-order valence-electron chi connectivity index (χ3n) is 3.78. The van der Waals surface area contributed by atoms with E-state index in [9.17, 15) is 0 Å². The SMILES string of the molecule is COC1CCN(CCc2ccccn2)C(CN)C1. The zero-order valence-electron chi connectivity index (χ0n) is 11.1. The highest BCUT2D eigenvalue weighted by atomic mass is 16.5. The smallest absolute Gasteiger partial charge is 0.0599 e. The number of ether oxygens (including phenoxy) is 1. The van der Waals surface area contributed by atoms with Crippen LogP contribution in [-0.2, 0) is 11.2 Å². The van der Waals surface area contributed by atoms with Crippen LogP contribution in [0.25, 0.3) is 0 Å². The molecule has 0 bridgehead atoms. The highest BCUT2D eigenvalue weighted by molar-refractivity contribution is 5.04. The Morgan fingerprint density at radius 2 is 2.39 bits per heavy atom. The van der Waals surface area contributed by atoms with Crippen molar-refractivity contribution in [1.29, 1.82) is 0 Å². The van der Waals surface area contributed by atoms with Crippen LogP contribution in [0.1, 0.15) is 18.5 Å². The lowest BCUT2D eigenvalue weighted by Gasteiger charge is -2.38. The Balaban J connectivity index is 1.85. The molecule has 0 amide bonds. The van der Waals surface area contributed by atoms with E-state index in [-0.39, 0.29) is 0 Å². The second kappa shape index (κ2) is 6.83. The number of nitrogens with two attached hydrogens (primary N) is 1. The second-order valence-corrected chi connectivity index (χ2v) is 4.88. The van der Waals surface area contributed by atoms with Gasteiger partial charge in [-0.15, -0.1) is 0 Å². The van der Waals surface area contributed by atoms with Gasteiger partial charge in [0, 0.05) is 51.1 Å². The number of methoxy groups -OCH3 is 1. The van der Waals surface area contributed by atoms with E-state index in [0.717, 1.165) is 38.0 Å². The average Bonchev–Trinajstić information content (AvgIpc) is 2.46. The van der Waals surface area contributed by atoms with E-state index >= 15 is 0 Å². The number of likely N-dealkylation sites (tertiary alicyclic amines) is 1. The van der Waals surface area contributed by atoms with E-state index in [1.807, 2.05) is 18.3 Å². The molecule has 2 N–H and O–H groups in total. The minimum absolute atomic E-state index is 0.379. The Bertz CT molecular complexity index is 344. The molecule has 2 unspecified atom stereocenters. The number of hydrogen-bond acceptors (Lipinski definition) is 4. The summed E-state index contributed by atoms with van der Waals surface area (Å²) in [5.41, 5.74) is 7.02. The van der Waals surface area contributed by atoms with Crippen molar-refractivity contribution >= 4 is 0 Å². The Hall–Kier alpha value is -0.970. The van der Waals surface area contributed by atoms with Crippen molar-refractivity contribution in [3.05, 3.63) is 30.1 Å². The van der Waals surface area contributed by atoms with Gasteiger partial charge in [-0.1, -0.05) is 6.07 Å². The topological polar surface area (TPSA) is 51.4 Å². The number of rotatable bonds is 5. The van der Waals surface area contributed by atoms with E-state index in [4.69, 9.17) is 10.5 Å². The predicted octanol–water partition coefficient (Wildman–Crippen LogP) is 1.06. The van der Waals surface area contributed by atoms with Crippen molar-refractivity contribution in [3.63, 3.8) is 0 Å². The molecule has 4 nitrogen and oxygen atoms in total. The van der Waals surface area contributed by atoms with E-state index in [2.05, 4.69) is 16.0 Å². The summed E-state index contributed by atoms with van der Waals surface area (Å²) < 4.78 is 5.44. The van der Waals surface area contributed by atoms with Crippen molar-refractivity contribution in [3.8, 4) is 0 Å². The zero-order chi connectivity index (χ0) is 12.8. The first-order valence-electron chi connectivity index (χ1n) is 6.70. The fourth-order valence-electron chi connectivity index (χ4n) is 2.62. The Morgan fingerprint density at radius 1 is 1.50 bits per heavy atom. The van der Waals surface area contributed by atoms with Gasteiger partial charge >= 0.3 is 0 Å². The molecule has 1 aliphatic heterocycles. The van der Waals surface area contributed by atoms with Crippen molar-refractivity contribution in [2.75, 3.05) is 26.7 Å². The van der Waals surface area contributed by atoms with Crippen molar-refractivity contribution in [2.45, 2.75) is 31.4 Å². The summed E-state index contributed by atoms with van der Waals surface area (Å²) >= 11 is 0. The van der Waals surface area contributed by atoms with Gasteiger partial charge in [-0.25, -0.2) is 0 Å². The maximum Gasteiger partial charge on any atom is 0.0599 e. The molecule has 2 atom stereocenters. The van der Waals surface area contributed by atoms with Crippen LogP contribution < -0.4 is 5.73 Å². The highest BCUT2D eigenvalue weighted by Gasteiger charge is 2.26. The molecule has 100 valence electrons. The molecule has 0 aliphatic carbocycles. The fraction of sp³-hybridized carbons (Fsp3) is 0.643. The van der Waals surface area contributed by atoms with Crippen LogP contribution >= 0.6 is 0 Å². The lowest BCUT2D eigenvalue weighted by Crippen LogP contribution is -2.49. The van der Waals surface area contributed by atoms with E-state index < -0.39 is 0 Å². The van der Waals surface area contributed by atoms with Gasteiger partial charge in [-0.2, -0.15) is 0 Å². The molecule has 18 heavy (non-hydrogen) atoms. The Labute approximate surface area is 109 Å². The van der Waals surface area contributed by atoms with Crippen LogP contribution in [0.5, 0.6) is 0 Å². The standard InChI is InChI=1S/C14H23N3O/c1-18-14-6-9-17(13(10-14)11-15)8-5-12-4-2-3-7-16-12/h2-4,7,13-14H,5-6,8-11,15H2,1H3. The normalized spacial score (nSPS) is 25.2. The molecule has 2 heterocycles. The van der Waals surface area contributed by atoms with Crippen LogP contribution in [0, 0.1) is 0 Å². The quantitative estimate of drug-likeness (QED) is 0.848. The van der Waals surface area contributed by atoms with Gasteiger partial charge in [0.25, 0.3) is 0 Å². The molecule has 1 fully saturated rings. The number of aromatic nitrogens is 1. The van der Waals surface area contributed by atoms with Crippen molar-refractivity contribution in [2.24, 2.45) is 5.73 Å². The molecule has 0 spiro atoms.